The third kappa shape index (κ3) is 5.00. The zero-order valence-corrected chi connectivity index (χ0v) is 12.4. The number of ether oxygens (including phenoxy) is 4. The van der Waals surface area contributed by atoms with Crippen LogP contribution < -0.4 is 9.47 Å². The van der Waals surface area contributed by atoms with Gasteiger partial charge in [0.05, 0.1) is 13.2 Å². The quantitative estimate of drug-likeness (QED) is 0.668. The first-order valence-electron chi connectivity index (χ1n) is 6.98. The Hall–Kier alpha value is -1.30. The lowest BCUT2D eigenvalue weighted by atomic mass is 10.2. The van der Waals surface area contributed by atoms with Crippen LogP contribution in [-0.2, 0) is 16.1 Å². The third-order valence-electron chi connectivity index (χ3n) is 2.60. The van der Waals surface area contributed by atoms with Gasteiger partial charge in [-0.25, -0.2) is 0 Å². The molecule has 0 spiro atoms. The standard InChI is InChI=1S/C15H24O5/c1-4-17-13-9-7-8-12(10-16)15(13)20-11-14(18-5-2)19-6-3/h7-9,14,16H,4-6,10-11H2,1-3H3. The van der Waals surface area contributed by atoms with E-state index in [1.165, 1.54) is 0 Å². The Bertz CT molecular complexity index is 375. The molecular weight excluding hydrogens is 260 g/mol. The van der Waals surface area contributed by atoms with E-state index >= 15 is 0 Å². The lowest BCUT2D eigenvalue weighted by molar-refractivity contribution is -0.152. The van der Waals surface area contributed by atoms with E-state index in [0.29, 0.717) is 36.9 Å². The van der Waals surface area contributed by atoms with E-state index in [1.54, 1.807) is 6.07 Å². The molecule has 0 radical (unpaired) electrons. The molecule has 0 aliphatic carbocycles. The molecule has 5 heteroatoms. The molecule has 114 valence electrons. The van der Waals surface area contributed by atoms with Crippen molar-refractivity contribution in [3.63, 3.8) is 0 Å². The summed E-state index contributed by atoms with van der Waals surface area (Å²) >= 11 is 0. The smallest absolute Gasteiger partial charge is 0.191 e. The molecule has 0 atom stereocenters. The maximum atomic E-state index is 9.39. The normalized spacial score (nSPS) is 10.8. The molecular formula is C15H24O5. The first-order valence-corrected chi connectivity index (χ1v) is 6.98. The Morgan fingerprint density at radius 3 is 2.25 bits per heavy atom. The molecule has 1 rings (SSSR count). The van der Waals surface area contributed by atoms with Crippen LogP contribution in [0.3, 0.4) is 0 Å². The molecule has 0 unspecified atom stereocenters. The van der Waals surface area contributed by atoms with E-state index < -0.39 is 6.29 Å². The van der Waals surface area contributed by atoms with Crippen LogP contribution in [0.25, 0.3) is 0 Å². The SMILES string of the molecule is CCOc1cccc(CO)c1OCC(OCC)OCC. The lowest BCUT2D eigenvalue weighted by Gasteiger charge is -2.20. The van der Waals surface area contributed by atoms with Crippen molar-refractivity contribution >= 4 is 0 Å². The molecule has 5 nitrogen and oxygen atoms in total. The first-order chi connectivity index (χ1) is 9.76. The van der Waals surface area contributed by atoms with Gasteiger partial charge in [0.1, 0.15) is 6.61 Å². The summed E-state index contributed by atoms with van der Waals surface area (Å²) in [5.41, 5.74) is 0.683. The van der Waals surface area contributed by atoms with Crippen LogP contribution >= 0.6 is 0 Å². The molecule has 1 N–H and O–H groups in total. The molecule has 0 aliphatic heterocycles. The molecule has 0 saturated carbocycles. The van der Waals surface area contributed by atoms with Crippen molar-refractivity contribution in [3.05, 3.63) is 23.8 Å². The summed E-state index contributed by atoms with van der Waals surface area (Å²) in [6.07, 6.45) is -0.425. The highest BCUT2D eigenvalue weighted by Gasteiger charge is 2.14. The maximum Gasteiger partial charge on any atom is 0.191 e. The highest BCUT2D eigenvalue weighted by Crippen LogP contribution is 2.31. The van der Waals surface area contributed by atoms with E-state index in [4.69, 9.17) is 18.9 Å². The highest BCUT2D eigenvalue weighted by atomic mass is 16.7. The zero-order chi connectivity index (χ0) is 14.8. The van der Waals surface area contributed by atoms with Crippen LogP contribution in [0.1, 0.15) is 26.3 Å². The molecule has 1 aromatic carbocycles. The van der Waals surface area contributed by atoms with Crippen LogP contribution in [0, 0.1) is 0 Å². The van der Waals surface area contributed by atoms with Crippen molar-refractivity contribution in [1.29, 1.82) is 0 Å². The summed E-state index contributed by atoms with van der Waals surface area (Å²) in [5, 5.41) is 9.39. The predicted octanol–water partition coefficient (Wildman–Crippen LogP) is 2.36. The van der Waals surface area contributed by atoms with Crippen LogP contribution in [0.2, 0.25) is 0 Å². The molecule has 1 aromatic rings. The van der Waals surface area contributed by atoms with Gasteiger partial charge in [-0.15, -0.1) is 0 Å². The monoisotopic (exact) mass is 284 g/mol. The Labute approximate surface area is 120 Å². The molecule has 0 saturated heterocycles. The number of para-hydroxylation sites is 1. The number of aliphatic hydroxyl groups excluding tert-OH is 1. The van der Waals surface area contributed by atoms with Crippen molar-refractivity contribution in [1.82, 2.24) is 0 Å². The van der Waals surface area contributed by atoms with E-state index in [2.05, 4.69) is 0 Å². The van der Waals surface area contributed by atoms with Gasteiger partial charge in [-0.2, -0.15) is 0 Å². The molecule has 0 fully saturated rings. The van der Waals surface area contributed by atoms with Crippen LogP contribution in [0.5, 0.6) is 11.5 Å². The van der Waals surface area contributed by atoms with Gasteiger partial charge in [0, 0.05) is 18.8 Å². The van der Waals surface area contributed by atoms with Gasteiger partial charge in [0.2, 0.25) is 0 Å². The molecule has 0 heterocycles. The Kier molecular flexibility index (Phi) is 8.02. The second-order valence-corrected chi connectivity index (χ2v) is 3.99. The van der Waals surface area contributed by atoms with Gasteiger partial charge in [0.15, 0.2) is 17.8 Å². The first kappa shape index (κ1) is 16.8. The summed E-state index contributed by atoms with van der Waals surface area (Å²) in [7, 11) is 0. The lowest BCUT2D eigenvalue weighted by Crippen LogP contribution is -2.25. The highest BCUT2D eigenvalue weighted by molar-refractivity contribution is 5.46. The maximum absolute atomic E-state index is 9.39. The van der Waals surface area contributed by atoms with E-state index in [0.717, 1.165) is 0 Å². The number of aliphatic hydroxyl groups is 1. The Balaban J connectivity index is 2.77. The Morgan fingerprint density at radius 2 is 1.70 bits per heavy atom. The fourth-order valence-corrected chi connectivity index (χ4v) is 1.79. The van der Waals surface area contributed by atoms with Crippen LogP contribution in [-0.4, -0.2) is 37.8 Å². The van der Waals surface area contributed by atoms with Gasteiger partial charge >= 0.3 is 0 Å². The van der Waals surface area contributed by atoms with Crippen molar-refractivity contribution < 1.29 is 24.1 Å². The number of rotatable bonds is 10. The minimum absolute atomic E-state index is 0.107. The minimum atomic E-state index is -0.425. The summed E-state index contributed by atoms with van der Waals surface area (Å²) in [5.74, 6) is 1.16. The second-order valence-electron chi connectivity index (χ2n) is 3.99. The zero-order valence-electron chi connectivity index (χ0n) is 12.4. The van der Waals surface area contributed by atoms with Gasteiger partial charge in [0.25, 0.3) is 0 Å². The van der Waals surface area contributed by atoms with Crippen LogP contribution in [0.15, 0.2) is 18.2 Å². The average Bonchev–Trinajstić information content (AvgIpc) is 2.46. The topological polar surface area (TPSA) is 57.2 Å². The van der Waals surface area contributed by atoms with E-state index in [1.807, 2.05) is 32.9 Å². The van der Waals surface area contributed by atoms with Crippen molar-refractivity contribution in [2.75, 3.05) is 26.4 Å². The summed E-state index contributed by atoms with van der Waals surface area (Å²) in [4.78, 5) is 0. The summed E-state index contributed by atoms with van der Waals surface area (Å²) in [6.45, 7) is 7.48. The van der Waals surface area contributed by atoms with Gasteiger partial charge < -0.3 is 24.1 Å². The largest absolute Gasteiger partial charge is 0.490 e. The van der Waals surface area contributed by atoms with Crippen molar-refractivity contribution in [3.8, 4) is 11.5 Å². The van der Waals surface area contributed by atoms with Gasteiger partial charge in [-0.05, 0) is 26.8 Å². The fourth-order valence-electron chi connectivity index (χ4n) is 1.79. The summed E-state index contributed by atoms with van der Waals surface area (Å²) < 4.78 is 22.1. The number of benzene rings is 1. The van der Waals surface area contributed by atoms with Crippen molar-refractivity contribution in [2.45, 2.75) is 33.7 Å². The average molecular weight is 284 g/mol. The minimum Gasteiger partial charge on any atom is -0.490 e. The summed E-state index contributed by atoms with van der Waals surface area (Å²) in [6, 6.07) is 5.44. The molecule has 0 bridgehead atoms. The molecule has 20 heavy (non-hydrogen) atoms. The van der Waals surface area contributed by atoms with Gasteiger partial charge in [-0.3, -0.25) is 0 Å². The second kappa shape index (κ2) is 9.58. The molecule has 0 aromatic heterocycles. The van der Waals surface area contributed by atoms with E-state index in [-0.39, 0.29) is 13.2 Å². The number of hydrogen-bond acceptors (Lipinski definition) is 5. The fraction of sp³-hybridized carbons (Fsp3) is 0.600. The van der Waals surface area contributed by atoms with Crippen LogP contribution in [0.4, 0.5) is 0 Å². The van der Waals surface area contributed by atoms with E-state index in [9.17, 15) is 5.11 Å². The number of hydrogen-bond donors (Lipinski definition) is 1. The molecule has 0 amide bonds. The van der Waals surface area contributed by atoms with Gasteiger partial charge in [-0.1, -0.05) is 12.1 Å². The van der Waals surface area contributed by atoms with Crippen molar-refractivity contribution in [2.24, 2.45) is 0 Å². The molecule has 0 aliphatic rings. The predicted molar refractivity (Wildman–Crippen MR) is 76.1 cm³/mol. The third-order valence-corrected chi connectivity index (χ3v) is 2.60. The Morgan fingerprint density at radius 1 is 1.00 bits per heavy atom.